The van der Waals surface area contributed by atoms with E-state index in [1.807, 2.05) is 30.5 Å². The molecule has 2 atom stereocenters. The fraction of sp³-hybridized carbons (Fsp3) is 0.348. The lowest BCUT2D eigenvalue weighted by Gasteiger charge is -2.24. The van der Waals surface area contributed by atoms with Crippen LogP contribution in [0.5, 0.6) is 0 Å². The average Bonchev–Trinajstić information content (AvgIpc) is 3.42. The van der Waals surface area contributed by atoms with Gasteiger partial charge in [0.15, 0.2) is 0 Å². The number of thioether (sulfide) groups is 1. The Balaban J connectivity index is 1.56. The van der Waals surface area contributed by atoms with Gasteiger partial charge in [0.2, 0.25) is 0 Å². The third-order valence-electron chi connectivity index (χ3n) is 5.13. The molecule has 0 spiro atoms. The van der Waals surface area contributed by atoms with Gasteiger partial charge in [0.05, 0.1) is 12.0 Å². The molecule has 1 amide bonds. The summed E-state index contributed by atoms with van der Waals surface area (Å²) in [7, 11) is 0. The van der Waals surface area contributed by atoms with Crippen LogP contribution in [0.1, 0.15) is 19.8 Å². The predicted octanol–water partition coefficient (Wildman–Crippen LogP) is 4.64. The van der Waals surface area contributed by atoms with Crippen molar-refractivity contribution in [3.8, 4) is 0 Å². The van der Waals surface area contributed by atoms with Gasteiger partial charge in [-0.3, -0.25) is 4.79 Å². The molecular formula is C23H29N3O2S. The molecule has 0 radical (unpaired) electrons. The highest BCUT2D eigenvalue weighted by Crippen LogP contribution is 2.34. The zero-order valence-electron chi connectivity index (χ0n) is 16.9. The van der Waals surface area contributed by atoms with Crippen LogP contribution in [-0.2, 0) is 9.53 Å². The smallest absolute Gasteiger partial charge is 0.272 e. The van der Waals surface area contributed by atoms with E-state index in [2.05, 4.69) is 47.4 Å². The number of amides is 1. The molecule has 2 N–H and O–H groups in total. The van der Waals surface area contributed by atoms with Crippen LogP contribution in [0, 0.1) is 5.92 Å². The van der Waals surface area contributed by atoms with Crippen LogP contribution in [0.4, 0.5) is 11.4 Å². The molecule has 29 heavy (non-hydrogen) atoms. The Labute approximate surface area is 177 Å². The number of hydrogen-bond donors (Lipinski definition) is 2. The molecule has 0 aromatic heterocycles. The topological polar surface area (TPSA) is 53.6 Å². The van der Waals surface area contributed by atoms with E-state index in [4.69, 9.17) is 4.74 Å². The summed E-state index contributed by atoms with van der Waals surface area (Å²) in [6.45, 7) is 16.6. The molecule has 2 unspecified atom stereocenters. The highest BCUT2D eigenvalue weighted by atomic mass is 32.2. The standard InChI is InChI=1S/C23H29N3O2S/c1-5-20(16(3)17(4)28-6-2)23-25-21(15-29-23)22(27)24-18-9-11-19(12-10-18)26-13-7-8-14-26/h5,9-12,15,20,23,25H,1,3-4,6-8,13-14H2,2H3,(H,24,27). The number of carbonyl (C=O) groups excluding carboxylic acids is 1. The summed E-state index contributed by atoms with van der Waals surface area (Å²) in [4.78, 5) is 15.0. The van der Waals surface area contributed by atoms with Gasteiger partial charge in [0.25, 0.3) is 5.91 Å². The van der Waals surface area contributed by atoms with Gasteiger partial charge in [0.1, 0.15) is 11.5 Å². The summed E-state index contributed by atoms with van der Waals surface area (Å²) >= 11 is 1.54. The van der Waals surface area contributed by atoms with Crippen molar-refractivity contribution in [1.29, 1.82) is 0 Å². The normalized spacial score (nSPS) is 19.1. The highest BCUT2D eigenvalue weighted by molar-refractivity contribution is 8.03. The molecule has 0 saturated carbocycles. The maximum absolute atomic E-state index is 12.7. The van der Waals surface area contributed by atoms with E-state index in [0.717, 1.165) is 24.4 Å². The second-order valence-electron chi connectivity index (χ2n) is 7.07. The molecule has 2 aliphatic rings. The number of nitrogens with one attached hydrogen (secondary N) is 2. The van der Waals surface area contributed by atoms with Crippen molar-refractivity contribution in [2.45, 2.75) is 25.1 Å². The lowest BCUT2D eigenvalue weighted by Crippen LogP contribution is -2.33. The average molecular weight is 412 g/mol. The zero-order valence-corrected chi connectivity index (χ0v) is 17.8. The van der Waals surface area contributed by atoms with E-state index >= 15 is 0 Å². The van der Waals surface area contributed by atoms with Crippen molar-refractivity contribution in [1.82, 2.24) is 5.32 Å². The van der Waals surface area contributed by atoms with Crippen LogP contribution in [0.2, 0.25) is 0 Å². The number of hydrogen-bond acceptors (Lipinski definition) is 5. The van der Waals surface area contributed by atoms with Gasteiger partial charge in [-0.2, -0.15) is 0 Å². The number of anilines is 2. The molecule has 2 heterocycles. The molecule has 154 valence electrons. The van der Waals surface area contributed by atoms with Crippen molar-refractivity contribution >= 4 is 29.0 Å². The number of benzene rings is 1. The van der Waals surface area contributed by atoms with Crippen LogP contribution in [-0.4, -0.2) is 31.0 Å². The Morgan fingerprint density at radius 2 is 2.03 bits per heavy atom. The molecule has 1 fully saturated rings. The van der Waals surface area contributed by atoms with Gasteiger partial charge >= 0.3 is 0 Å². The molecule has 5 nitrogen and oxygen atoms in total. The molecular weight excluding hydrogens is 382 g/mol. The molecule has 1 aromatic rings. The lowest BCUT2D eigenvalue weighted by molar-refractivity contribution is -0.113. The number of ether oxygens (including phenoxy) is 1. The maximum atomic E-state index is 12.7. The molecule has 0 aliphatic carbocycles. The molecule has 1 aromatic carbocycles. The summed E-state index contributed by atoms with van der Waals surface area (Å²) < 4.78 is 5.47. The lowest BCUT2D eigenvalue weighted by atomic mass is 9.99. The predicted molar refractivity (Wildman–Crippen MR) is 123 cm³/mol. The first-order valence-corrected chi connectivity index (χ1v) is 10.9. The summed E-state index contributed by atoms with van der Waals surface area (Å²) in [5.41, 5.74) is 3.28. The number of allylic oxidation sites excluding steroid dienone is 1. The Hall–Kier alpha value is -2.60. The van der Waals surface area contributed by atoms with Gasteiger partial charge < -0.3 is 20.3 Å². The second kappa shape index (κ2) is 9.74. The largest absolute Gasteiger partial charge is 0.494 e. The second-order valence-corrected chi connectivity index (χ2v) is 8.09. The molecule has 1 saturated heterocycles. The first kappa shape index (κ1) is 21.1. The Kier molecular flexibility index (Phi) is 7.09. The third-order valence-corrected chi connectivity index (χ3v) is 6.21. The number of rotatable bonds is 9. The van der Waals surface area contributed by atoms with Gasteiger partial charge in [-0.05, 0) is 49.6 Å². The monoisotopic (exact) mass is 411 g/mol. The number of carbonyl (C=O) groups is 1. The van der Waals surface area contributed by atoms with Crippen LogP contribution >= 0.6 is 11.8 Å². The van der Waals surface area contributed by atoms with E-state index < -0.39 is 0 Å². The van der Waals surface area contributed by atoms with E-state index in [9.17, 15) is 4.79 Å². The summed E-state index contributed by atoms with van der Waals surface area (Å²) in [5, 5.41) is 8.00. The molecule has 2 aliphatic heterocycles. The Morgan fingerprint density at radius 1 is 1.34 bits per heavy atom. The van der Waals surface area contributed by atoms with E-state index in [0.29, 0.717) is 18.1 Å². The summed E-state index contributed by atoms with van der Waals surface area (Å²) in [5.74, 6) is 0.294. The van der Waals surface area contributed by atoms with Crippen molar-refractivity contribution in [3.63, 3.8) is 0 Å². The first-order chi connectivity index (χ1) is 14.0. The SMILES string of the molecule is C=CC(C(=C)C(=C)OCC)C1NC(C(=O)Nc2ccc(N3CCCC3)cc2)=CS1. The highest BCUT2D eigenvalue weighted by Gasteiger charge is 2.30. The Morgan fingerprint density at radius 3 is 2.66 bits per heavy atom. The van der Waals surface area contributed by atoms with E-state index in [-0.39, 0.29) is 17.2 Å². The van der Waals surface area contributed by atoms with Crippen molar-refractivity contribution in [2.75, 3.05) is 29.9 Å². The van der Waals surface area contributed by atoms with E-state index in [1.165, 1.54) is 30.3 Å². The first-order valence-electron chi connectivity index (χ1n) is 9.95. The van der Waals surface area contributed by atoms with Crippen molar-refractivity contribution < 1.29 is 9.53 Å². The van der Waals surface area contributed by atoms with Gasteiger partial charge in [0, 0.05) is 35.8 Å². The van der Waals surface area contributed by atoms with Gasteiger partial charge in [-0.25, -0.2) is 0 Å². The van der Waals surface area contributed by atoms with Gasteiger partial charge in [-0.15, -0.1) is 18.3 Å². The van der Waals surface area contributed by atoms with Crippen molar-refractivity contribution in [2.24, 2.45) is 5.92 Å². The maximum Gasteiger partial charge on any atom is 0.272 e. The van der Waals surface area contributed by atoms with Crippen LogP contribution in [0.25, 0.3) is 0 Å². The summed E-state index contributed by atoms with van der Waals surface area (Å²) in [6, 6.07) is 8.02. The minimum atomic E-state index is -0.161. The molecule has 3 rings (SSSR count). The van der Waals surface area contributed by atoms with Crippen LogP contribution < -0.4 is 15.5 Å². The van der Waals surface area contributed by atoms with Crippen LogP contribution in [0.3, 0.4) is 0 Å². The Bertz CT molecular complexity index is 810. The minimum Gasteiger partial charge on any atom is -0.494 e. The van der Waals surface area contributed by atoms with E-state index in [1.54, 1.807) is 0 Å². The van der Waals surface area contributed by atoms with Gasteiger partial charge in [-0.1, -0.05) is 19.2 Å². The quantitative estimate of drug-likeness (QED) is 0.352. The third kappa shape index (κ3) is 5.07. The number of nitrogens with zero attached hydrogens (tertiary/aromatic N) is 1. The van der Waals surface area contributed by atoms with Crippen molar-refractivity contribution in [3.05, 3.63) is 72.5 Å². The fourth-order valence-electron chi connectivity index (χ4n) is 3.49. The molecule has 6 heteroatoms. The van der Waals surface area contributed by atoms with Crippen LogP contribution in [0.15, 0.2) is 72.5 Å². The zero-order chi connectivity index (χ0) is 20.8. The minimum absolute atomic E-state index is 0.0736. The molecule has 0 bridgehead atoms. The summed E-state index contributed by atoms with van der Waals surface area (Å²) in [6.07, 6.45) is 4.29. The fourth-order valence-corrected chi connectivity index (χ4v) is 4.58.